The van der Waals surface area contributed by atoms with Crippen LogP contribution in [0.3, 0.4) is 0 Å². The molecule has 2 unspecified atom stereocenters. The normalized spacial score (nSPS) is 36.6. The van der Waals surface area contributed by atoms with Gasteiger partial charge in [-0.2, -0.15) is 5.10 Å². The van der Waals surface area contributed by atoms with Crippen molar-refractivity contribution in [3.05, 3.63) is 27.7 Å². The molecule has 2 saturated heterocycles. The molecule has 2 aliphatic carbocycles. The Morgan fingerprint density at radius 2 is 1.67 bits per heavy atom. The van der Waals surface area contributed by atoms with Crippen LogP contribution >= 0.6 is 0 Å². The minimum Gasteiger partial charge on any atom is -0.311 e. The second-order valence-electron chi connectivity index (χ2n) is 9.50. The number of hydrogen-bond acceptors (Lipinski definition) is 4. The lowest BCUT2D eigenvalue weighted by Gasteiger charge is -2.48. The molecule has 5 rings (SSSR count). The van der Waals surface area contributed by atoms with Gasteiger partial charge >= 0.3 is 0 Å². The van der Waals surface area contributed by atoms with Crippen LogP contribution in [0.4, 0.5) is 0 Å². The summed E-state index contributed by atoms with van der Waals surface area (Å²) in [5.74, 6) is 0. The van der Waals surface area contributed by atoms with Gasteiger partial charge in [0.1, 0.15) is 0 Å². The van der Waals surface area contributed by atoms with Gasteiger partial charge in [0.05, 0.1) is 11.7 Å². The number of fused-ring (bicyclic) bond motifs is 3. The van der Waals surface area contributed by atoms with Crippen LogP contribution < -0.4 is 10.9 Å². The third-order valence-corrected chi connectivity index (χ3v) is 7.84. The lowest BCUT2D eigenvalue weighted by molar-refractivity contribution is 0.0437. The van der Waals surface area contributed by atoms with Crippen molar-refractivity contribution in [3.8, 4) is 0 Å². The van der Waals surface area contributed by atoms with Crippen molar-refractivity contribution in [3.63, 3.8) is 0 Å². The van der Waals surface area contributed by atoms with Gasteiger partial charge in [-0.1, -0.05) is 6.42 Å². The Morgan fingerprint density at radius 3 is 2.41 bits per heavy atom. The van der Waals surface area contributed by atoms with Gasteiger partial charge in [0.25, 0.3) is 5.56 Å². The maximum atomic E-state index is 12.5. The minimum absolute atomic E-state index is 0.121. The average Bonchev–Trinajstić information content (AvgIpc) is 3.10. The number of aryl methyl sites for hydroxylation is 2. The highest BCUT2D eigenvalue weighted by atomic mass is 16.1. The number of aromatic nitrogens is 2. The van der Waals surface area contributed by atoms with E-state index in [0.29, 0.717) is 18.1 Å². The van der Waals surface area contributed by atoms with Crippen LogP contribution in [0, 0.1) is 0 Å². The van der Waals surface area contributed by atoms with E-state index in [0.717, 1.165) is 44.2 Å². The molecule has 5 heteroatoms. The topological polar surface area (TPSA) is 50.2 Å². The molecule has 1 aromatic rings. The molecule has 3 heterocycles. The Balaban J connectivity index is 1.18. The number of nitrogens with one attached hydrogen (secondary N) is 1. The highest BCUT2D eigenvalue weighted by molar-refractivity contribution is 5.22. The predicted molar refractivity (Wildman–Crippen MR) is 107 cm³/mol. The van der Waals surface area contributed by atoms with Crippen LogP contribution in [-0.2, 0) is 12.8 Å². The van der Waals surface area contributed by atoms with Crippen molar-refractivity contribution in [2.45, 2.75) is 107 Å². The first-order valence-electron chi connectivity index (χ1n) is 11.3. The van der Waals surface area contributed by atoms with E-state index in [9.17, 15) is 4.79 Å². The zero-order valence-electron chi connectivity index (χ0n) is 16.7. The van der Waals surface area contributed by atoms with E-state index in [4.69, 9.17) is 5.10 Å². The quantitative estimate of drug-likeness (QED) is 0.889. The molecule has 0 spiro atoms. The second kappa shape index (κ2) is 7.32. The van der Waals surface area contributed by atoms with Gasteiger partial charge in [0.15, 0.2) is 0 Å². The zero-order chi connectivity index (χ0) is 18.4. The van der Waals surface area contributed by atoms with Gasteiger partial charge in [0, 0.05) is 30.2 Å². The second-order valence-corrected chi connectivity index (χ2v) is 9.50. The lowest BCUT2D eigenvalue weighted by Crippen LogP contribution is -2.56. The summed E-state index contributed by atoms with van der Waals surface area (Å²) in [4.78, 5) is 15.1. The van der Waals surface area contributed by atoms with Gasteiger partial charge < -0.3 is 10.2 Å². The lowest BCUT2D eigenvalue weighted by atomic mass is 9.81. The molecule has 1 aromatic heterocycles. The van der Waals surface area contributed by atoms with Crippen LogP contribution in [0.25, 0.3) is 0 Å². The molecule has 27 heavy (non-hydrogen) atoms. The van der Waals surface area contributed by atoms with Crippen molar-refractivity contribution in [2.24, 2.45) is 0 Å². The Kier molecular flexibility index (Phi) is 4.85. The molecule has 0 radical (unpaired) electrons. The molecule has 1 N–H and O–H groups in total. The summed E-state index contributed by atoms with van der Waals surface area (Å²) in [5, 5.41) is 8.74. The van der Waals surface area contributed by atoms with E-state index in [1.165, 1.54) is 56.2 Å². The summed E-state index contributed by atoms with van der Waals surface area (Å²) < 4.78 is 1.82. The first-order valence-corrected chi connectivity index (χ1v) is 11.3. The molecule has 1 saturated carbocycles. The smallest absolute Gasteiger partial charge is 0.267 e. The fraction of sp³-hybridized carbons (Fsp3) is 0.818. The van der Waals surface area contributed by atoms with Crippen LogP contribution in [0.1, 0.15) is 81.5 Å². The van der Waals surface area contributed by atoms with E-state index in [-0.39, 0.29) is 5.56 Å². The van der Waals surface area contributed by atoms with Crippen LogP contribution in [0.5, 0.6) is 0 Å². The molecule has 2 bridgehead atoms. The zero-order valence-corrected chi connectivity index (χ0v) is 16.7. The van der Waals surface area contributed by atoms with Crippen LogP contribution in [0.2, 0.25) is 0 Å². The number of hydrogen-bond donors (Lipinski definition) is 1. The standard InChI is InChI=1S/C22H34N4O/c1-25-19-5-3-6-20(25)14-17(13-19)23-16-8-10-18(11-9-16)26-22(27)12-15-4-2-7-21(15)24-26/h12,16-20,23H,2-11,13-14H2,1H3. The van der Waals surface area contributed by atoms with Gasteiger partial charge in [0.2, 0.25) is 0 Å². The molecule has 0 amide bonds. The highest BCUT2D eigenvalue weighted by Crippen LogP contribution is 2.34. The Bertz CT molecular complexity index is 722. The fourth-order valence-electron chi connectivity index (χ4n) is 6.25. The highest BCUT2D eigenvalue weighted by Gasteiger charge is 2.37. The van der Waals surface area contributed by atoms with Crippen LogP contribution in [0.15, 0.2) is 10.9 Å². The maximum Gasteiger partial charge on any atom is 0.267 e. The molecule has 0 aromatic carbocycles. The average molecular weight is 371 g/mol. The monoisotopic (exact) mass is 370 g/mol. The fourth-order valence-corrected chi connectivity index (χ4v) is 6.25. The van der Waals surface area contributed by atoms with E-state index in [1.807, 2.05) is 10.7 Å². The minimum atomic E-state index is 0.121. The van der Waals surface area contributed by atoms with Crippen LogP contribution in [-0.4, -0.2) is 45.9 Å². The summed E-state index contributed by atoms with van der Waals surface area (Å²) >= 11 is 0. The van der Waals surface area contributed by atoms with Gasteiger partial charge in [-0.05, 0) is 83.2 Å². The number of rotatable bonds is 3. The maximum absolute atomic E-state index is 12.5. The van der Waals surface area contributed by atoms with Crippen molar-refractivity contribution in [1.82, 2.24) is 20.0 Å². The van der Waals surface area contributed by atoms with Crippen molar-refractivity contribution in [1.29, 1.82) is 0 Å². The summed E-state index contributed by atoms with van der Waals surface area (Å²) in [6, 6.07) is 5.07. The van der Waals surface area contributed by atoms with Crippen molar-refractivity contribution in [2.75, 3.05) is 7.05 Å². The first-order chi connectivity index (χ1) is 13.2. The predicted octanol–water partition coefficient (Wildman–Crippen LogP) is 2.82. The van der Waals surface area contributed by atoms with Gasteiger partial charge in [-0.15, -0.1) is 0 Å². The summed E-state index contributed by atoms with van der Waals surface area (Å²) in [6.45, 7) is 0. The molecule has 4 aliphatic rings. The largest absolute Gasteiger partial charge is 0.311 e. The van der Waals surface area contributed by atoms with E-state index in [1.54, 1.807) is 0 Å². The van der Waals surface area contributed by atoms with E-state index in [2.05, 4.69) is 17.3 Å². The van der Waals surface area contributed by atoms with E-state index >= 15 is 0 Å². The molecule has 3 fully saturated rings. The van der Waals surface area contributed by atoms with Gasteiger partial charge in [-0.25, -0.2) is 4.68 Å². The van der Waals surface area contributed by atoms with Gasteiger partial charge in [-0.3, -0.25) is 4.79 Å². The summed E-state index contributed by atoms with van der Waals surface area (Å²) in [6.07, 6.45) is 14.6. The third kappa shape index (κ3) is 3.49. The molecule has 5 nitrogen and oxygen atoms in total. The Morgan fingerprint density at radius 1 is 0.926 bits per heavy atom. The Hall–Kier alpha value is -1.20. The first kappa shape index (κ1) is 17.9. The molecular formula is C22H34N4O. The Labute approximate surface area is 162 Å². The number of piperidine rings is 2. The van der Waals surface area contributed by atoms with E-state index < -0.39 is 0 Å². The third-order valence-electron chi connectivity index (χ3n) is 7.84. The van der Waals surface area contributed by atoms with Crippen molar-refractivity contribution >= 4 is 0 Å². The summed E-state index contributed by atoms with van der Waals surface area (Å²) in [7, 11) is 2.33. The molecular weight excluding hydrogens is 336 g/mol. The summed E-state index contributed by atoms with van der Waals surface area (Å²) in [5.41, 5.74) is 2.49. The SMILES string of the molecule is CN1C2CCCC1CC(NC1CCC(n3nc4c(cc3=O)CCC4)CC1)C2. The molecule has 148 valence electrons. The number of nitrogens with zero attached hydrogens (tertiary/aromatic N) is 3. The molecule has 2 aliphatic heterocycles. The molecule has 2 atom stereocenters. The van der Waals surface area contributed by atoms with Crippen molar-refractivity contribution < 1.29 is 0 Å².